The zero-order valence-corrected chi connectivity index (χ0v) is 10.5. The zero-order valence-electron chi connectivity index (χ0n) is 10.5. The first-order chi connectivity index (χ1) is 8.06. The van der Waals surface area contributed by atoms with Crippen molar-refractivity contribution in [2.45, 2.75) is 39.3 Å². The van der Waals surface area contributed by atoms with Gasteiger partial charge in [-0.3, -0.25) is 9.48 Å². The number of rotatable bonds is 2. The lowest BCUT2D eigenvalue weighted by Gasteiger charge is -2.30. The Kier molecular flexibility index (Phi) is 3.47. The highest BCUT2D eigenvalue weighted by molar-refractivity contribution is 5.76. The van der Waals surface area contributed by atoms with Gasteiger partial charge in [0.05, 0.1) is 5.69 Å². The average molecular weight is 236 g/mol. The second-order valence-corrected chi connectivity index (χ2v) is 4.83. The van der Waals surface area contributed by atoms with Crippen molar-refractivity contribution in [2.24, 2.45) is 5.73 Å². The molecule has 17 heavy (non-hydrogen) atoms. The van der Waals surface area contributed by atoms with E-state index in [1.807, 2.05) is 24.8 Å². The van der Waals surface area contributed by atoms with Crippen LogP contribution in [0.3, 0.4) is 0 Å². The first kappa shape index (κ1) is 12.1. The van der Waals surface area contributed by atoms with Gasteiger partial charge < -0.3 is 10.6 Å². The lowest BCUT2D eigenvalue weighted by Crippen LogP contribution is -2.46. The molecular formula is C12H20N4O. The fourth-order valence-corrected chi connectivity index (χ4v) is 2.30. The van der Waals surface area contributed by atoms with Gasteiger partial charge in [-0.1, -0.05) is 0 Å². The summed E-state index contributed by atoms with van der Waals surface area (Å²) in [7, 11) is 0. The van der Waals surface area contributed by atoms with Crippen molar-refractivity contribution in [3.8, 4) is 0 Å². The van der Waals surface area contributed by atoms with E-state index >= 15 is 0 Å². The van der Waals surface area contributed by atoms with Crippen LogP contribution in [0.15, 0.2) is 6.07 Å². The lowest BCUT2D eigenvalue weighted by atomic mass is 10.1. The third-order valence-electron chi connectivity index (χ3n) is 3.20. The molecule has 1 saturated heterocycles. The Morgan fingerprint density at radius 3 is 2.94 bits per heavy atom. The van der Waals surface area contributed by atoms with E-state index in [-0.39, 0.29) is 11.9 Å². The van der Waals surface area contributed by atoms with Crippen LogP contribution >= 0.6 is 0 Å². The van der Waals surface area contributed by atoms with Gasteiger partial charge in [-0.05, 0) is 32.8 Å². The normalized spacial score (nSPS) is 20.6. The number of amides is 1. The van der Waals surface area contributed by atoms with Crippen molar-refractivity contribution in [1.29, 1.82) is 0 Å². The molecule has 1 amide bonds. The Hall–Kier alpha value is -1.36. The molecule has 0 radical (unpaired) electrons. The molecule has 0 bridgehead atoms. The molecule has 1 aromatic heterocycles. The molecule has 2 heterocycles. The van der Waals surface area contributed by atoms with Crippen molar-refractivity contribution in [2.75, 3.05) is 13.1 Å². The summed E-state index contributed by atoms with van der Waals surface area (Å²) in [5.74, 6) is 0.117. The van der Waals surface area contributed by atoms with Gasteiger partial charge in [0.1, 0.15) is 6.54 Å². The Morgan fingerprint density at radius 2 is 2.35 bits per heavy atom. The maximum atomic E-state index is 12.1. The molecule has 2 N–H and O–H groups in total. The first-order valence-electron chi connectivity index (χ1n) is 6.10. The molecular weight excluding hydrogens is 216 g/mol. The topological polar surface area (TPSA) is 64.2 Å². The lowest BCUT2D eigenvalue weighted by molar-refractivity contribution is -0.133. The molecule has 5 heteroatoms. The zero-order chi connectivity index (χ0) is 12.4. The highest BCUT2D eigenvalue weighted by atomic mass is 16.2. The van der Waals surface area contributed by atoms with E-state index in [1.54, 1.807) is 4.68 Å². The largest absolute Gasteiger partial charge is 0.340 e. The molecule has 0 spiro atoms. The van der Waals surface area contributed by atoms with E-state index in [9.17, 15) is 4.79 Å². The summed E-state index contributed by atoms with van der Waals surface area (Å²) in [6.07, 6.45) is 2.02. The summed E-state index contributed by atoms with van der Waals surface area (Å²) in [5, 5.41) is 4.30. The molecule has 0 aromatic carbocycles. The van der Waals surface area contributed by atoms with Crippen molar-refractivity contribution < 1.29 is 4.79 Å². The van der Waals surface area contributed by atoms with Crippen LogP contribution in [-0.4, -0.2) is 39.7 Å². The van der Waals surface area contributed by atoms with Crippen LogP contribution in [0.2, 0.25) is 0 Å². The Balaban J connectivity index is 1.99. The van der Waals surface area contributed by atoms with Gasteiger partial charge in [0.2, 0.25) is 5.91 Å². The Morgan fingerprint density at radius 1 is 1.59 bits per heavy atom. The summed E-state index contributed by atoms with van der Waals surface area (Å²) in [5.41, 5.74) is 7.85. The van der Waals surface area contributed by atoms with Gasteiger partial charge in [-0.2, -0.15) is 5.10 Å². The number of aromatic nitrogens is 2. The van der Waals surface area contributed by atoms with Crippen molar-refractivity contribution in [3.63, 3.8) is 0 Å². The number of carbonyl (C=O) groups is 1. The smallest absolute Gasteiger partial charge is 0.244 e. The number of piperidine rings is 1. The van der Waals surface area contributed by atoms with E-state index in [2.05, 4.69) is 5.10 Å². The fourth-order valence-electron chi connectivity index (χ4n) is 2.30. The van der Waals surface area contributed by atoms with Gasteiger partial charge in [0, 0.05) is 24.8 Å². The minimum atomic E-state index is 0.117. The second kappa shape index (κ2) is 4.87. The maximum absolute atomic E-state index is 12.1. The molecule has 2 rings (SSSR count). The van der Waals surface area contributed by atoms with Gasteiger partial charge in [-0.25, -0.2) is 0 Å². The standard InChI is InChI=1S/C12H20N4O/c1-9-6-10(2)16(14-9)8-12(17)15-5-3-4-11(13)7-15/h6,11H,3-5,7-8,13H2,1-2H3. The van der Waals surface area contributed by atoms with Gasteiger partial charge >= 0.3 is 0 Å². The summed E-state index contributed by atoms with van der Waals surface area (Å²) in [4.78, 5) is 13.9. The Bertz CT molecular complexity index is 413. The quantitative estimate of drug-likeness (QED) is 0.811. The third-order valence-corrected chi connectivity index (χ3v) is 3.20. The van der Waals surface area contributed by atoms with Gasteiger partial charge in [0.25, 0.3) is 0 Å². The van der Waals surface area contributed by atoms with Crippen LogP contribution in [0.5, 0.6) is 0 Å². The van der Waals surface area contributed by atoms with Crippen molar-refractivity contribution in [3.05, 3.63) is 17.5 Å². The summed E-state index contributed by atoms with van der Waals surface area (Å²) in [6, 6.07) is 2.11. The van der Waals surface area contributed by atoms with Gasteiger partial charge in [-0.15, -0.1) is 0 Å². The summed E-state index contributed by atoms with van der Waals surface area (Å²) in [6.45, 7) is 5.73. The highest BCUT2D eigenvalue weighted by Crippen LogP contribution is 2.10. The minimum Gasteiger partial charge on any atom is -0.340 e. The molecule has 1 fully saturated rings. The van der Waals surface area contributed by atoms with Crippen LogP contribution < -0.4 is 5.73 Å². The SMILES string of the molecule is Cc1cc(C)n(CC(=O)N2CCCC(N)C2)n1. The molecule has 1 aliphatic heterocycles. The molecule has 1 aromatic rings. The summed E-state index contributed by atoms with van der Waals surface area (Å²) >= 11 is 0. The molecule has 1 unspecified atom stereocenters. The fraction of sp³-hybridized carbons (Fsp3) is 0.667. The van der Waals surface area contributed by atoms with Crippen LogP contribution in [0.25, 0.3) is 0 Å². The highest BCUT2D eigenvalue weighted by Gasteiger charge is 2.21. The molecule has 1 aliphatic rings. The molecule has 1 atom stereocenters. The van der Waals surface area contributed by atoms with E-state index in [4.69, 9.17) is 5.73 Å². The minimum absolute atomic E-state index is 0.117. The number of hydrogen-bond acceptors (Lipinski definition) is 3. The second-order valence-electron chi connectivity index (χ2n) is 4.83. The predicted octanol–water partition coefficient (Wildman–Crippen LogP) is 0.450. The average Bonchev–Trinajstić information content (AvgIpc) is 2.57. The Labute approximate surface area is 102 Å². The van der Waals surface area contributed by atoms with E-state index in [0.29, 0.717) is 13.1 Å². The predicted molar refractivity (Wildman–Crippen MR) is 65.5 cm³/mol. The summed E-state index contributed by atoms with van der Waals surface area (Å²) < 4.78 is 1.76. The number of aryl methyl sites for hydroxylation is 2. The maximum Gasteiger partial charge on any atom is 0.244 e. The third kappa shape index (κ3) is 2.85. The number of carbonyl (C=O) groups excluding carboxylic acids is 1. The number of nitrogens with two attached hydrogens (primary N) is 1. The van der Waals surface area contributed by atoms with Crippen LogP contribution in [0.4, 0.5) is 0 Å². The van der Waals surface area contributed by atoms with Crippen LogP contribution in [0.1, 0.15) is 24.2 Å². The van der Waals surface area contributed by atoms with E-state index in [0.717, 1.165) is 30.8 Å². The number of likely N-dealkylation sites (tertiary alicyclic amines) is 1. The van der Waals surface area contributed by atoms with E-state index < -0.39 is 0 Å². The van der Waals surface area contributed by atoms with Crippen LogP contribution in [-0.2, 0) is 11.3 Å². The molecule has 0 aliphatic carbocycles. The van der Waals surface area contributed by atoms with Crippen molar-refractivity contribution >= 4 is 5.91 Å². The molecule has 0 saturated carbocycles. The van der Waals surface area contributed by atoms with Crippen LogP contribution in [0, 0.1) is 13.8 Å². The van der Waals surface area contributed by atoms with E-state index in [1.165, 1.54) is 0 Å². The van der Waals surface area contributed by atoms with Gasteiger partial charge in [0.15, 0.2) is 0 Å². The first-order valence-corrected chi connectivity index (χ1v) is 6.10. The molecule has 94 valence electrons. The number of hydrogen-bond donors (Lipinski definition) is 1. The number of nitrogens with zero attached hydrogens (tertiary/aromatic N) is 3. The van der Waals surface area contributed by atoms with Crippen molar-refractivity contribution in [1.82, 2.24) is 14.7 Å². The molecule has 5 nitrogen and oxygen atoms in total. The monoisotopic (exact) mass is 236 g/mol.